The molecule has 46 heavy (non-hydrogen) atoms. The number of carboxylic acid groups (broad SMARTS) is 1. The number of halogens is 1. The first-order chi connectivity index (χ1) is 21.6. The van der Waals surface area contributed by atoms with Crippen LogP contribution in [0.15, 0.2) is 30.3 Å². The van der Waals surface area contributed by atoms with Crippen molar-refractivity contribution in [1.29, 1.82) is 0 Å². The lowest BCUT2D eigenvalue weighted by Gasteiger charge is -2.29. The summed E-state index contributed by atoms with van der Waals surface area (Å²) in [7, 11) is 0. The minimum atomic E-state index is -0.667. The Morgan fingerprint density at radius 1 is 0.826 bits per heavy atom. The van der Waals surface area contributed by atoms with Gasteiger partial charge in [-0.1, -0.05) is 49.6 Å². The van der Waals surface area contributed by atoms with E-state index in [1.165, 1.54) is 57.1 Å². The summed E-state index contributed by atoms with van der Waals surface area (Å²) in [5.74, 6) is 3.05. The molecule has 1 aromatic carbocycles. The van der Waals surface area contributed by atoms with E-state index in [0.29, 0.717) is 36.3 Å². The highest BCUT2D eigenvalue weighted by Gasteiger charge is 2.47. The lowest BCUT2D eigenvalue weighted by molar-refractivity contribution is -0.140. The molecule has 4 N–H and O–H groups in total. The number of benzene rings is 1. The Bertz CT molecular complexity index is 1120. The summed E-state index contributed by atoms with van der Waals surface area (Å²) >= 11 is 0. The first-order valence-electron chi connectivity index (χ1n) is 17.5. The molecule has 1 aromatic rings. The summed E-state index contributed by atoms with van der Waals surface area (Å²) in [6, 6.07) is 10.7. The first kappa shape index (κ1) is 37.1. The highest BCUT2D eigenvalue weighted by atomic mass is 79.9. The van der Waals surface area contributed by atoms with Crippen molar-refractivity contribution in [3.05, 3.63) is 35.9 Å². The number of hydrogen-bond acceptors (Lipinski definition) is 7. The molecule has 260 valence electrons. The van der Waals surface area contributed by atoms with E-state index < -0.39 is 11.6 Å². The fourth-order valence-corrected chi connectivity index (χ4v) is 9.40. The van der Waals surface area contributed by atoms with Gasteiger partial charge in [0.25, 0.3) is 0 Å². The summed E-state index contributed by atoms with van der Waals surface area (Å²) in [4.78, 5) is 27.0. The molecule has 6 aliphatic rings. The van der Waals surface area contributed by atoms with Crippen LogP contribution in [0.5, 0.6) is 0 Å². The molecule has 0 radical (unpaired) electrons. The number of carboxylic acids is 1. The fraction of sp³-hybridized carbons (Fsp3) is 0.778. The number of carbonyl (C=O) groups excluding carboxylic acids is 1. The standard InChI is InChI=1S/C15H21NO.C13H23NO3.C8H13NO2.BrH/c17-11-15-14-8-4-7-13(14)10-16(15)9-12-5-2-1-3-6-12;1-13(2,3)17-12(16)14-7-9-5-4-6-10(9)11(14)8-15;10-8(11)7-6-3-1-2-5(6)4-9-7;/h1-3,5-6,13-15,17H,4,7-11H2;9-11,15H,4-8H2,1-3H3;5-7,9H,1-4H2,(H,10,11);1H. The highest BCUT2D eigenvalue weighted by Crippen LogP contribution is 2.43. The molecule has 6 fully saturated rings. The topological polar surface area (TPSA) is 123 Å². The van der Waals surface area contributed by atoms with Gasteiger partial charge in [0.05, 0.1) is 19.3 Å². The Balaban J connectivity index is 0.000000159. The predicted octanol–water partition coefficient (Wildman–Crippen LogP) is 5.33. The van der Waals surface area contributed by atoms with Crippen LogP contribution in [0.2, 0.25) is 0 Å². The highest BCUT2D eigenvalue weighted by molar-refractivity contribution is 8.93. The molecule has 0 bridgehead atoms. The van der Waals surface area contributed by atoms with Crippen LogP contribution in [-0.4, -0.2) is 93.8 Å². The molecular formula is C36H58BrN3O6. The molecule has 9 atom stereocenters. The molecule has 9 nitrogen and oxygen atoms in total. The molecule has 1 amide bonds. The van der Waals surface area contributed by atoms with E-state index in [-0.39, 0.29) is 41.8 Å². The number of aliphatic hydroxyl groups is 2. The van der Waals surface area contributed by atoms with Crippen LogP contribution in [0.4, 0.5) is 4.79 Å². The molecule has 0 spiro atoms. The second kappa shape index (κ2) is 16.6. The minimum absolute atomic E-state index is 0. The number of likely N-dealkylation sites (tertiary alicyclic amines) is 2. The van der Waals surface area contributed by atoms with E-state index >= 15 is 0 Å². The lowest BCUT2D eigenvalue weighted by Crippen LogP contribution is -2.43. The maximum atomic E-state index is 12.1. The van der Waals surface area contributed by atoms with Crippen LogP contribution in [-0.2, 0) is 16.1 Å². The number of fused-ring (bicyclic) bond motifs is 3. The molecule has 0 aromatic heterocycles. The van der Waals surface area contributed by atoms with Crippen molar-refractivity contribution in [2.24, 2.45) is 35.5 Å². The van der Waals surface area contributed by atoms with Crippen molar-refractivity contribution in [1.82, 2.24) is 15.1 Å². The third kappa shape index (κ3) is 8.84. The zero-order chi connectivity index (χ0) is 32.1. The SMILES string of the molecule is Br.CC(C)(C)OC(=O)N1CC2CCCC2C1CO.O=C(O)C1NCC2CCCC21.OCC1C2CCCC2CN1Cc1ccccc1. The van der Waals surface area contributed by atoms with Crippen LogP contribution < -0.4 is 5.32 Å². The summed E-state index contributed by atoms with van der Waals surface area (Å²) < 4.78 is 5.39. The average Bonchev–Trinajstić information content (AvgIpc) is 3.81. The Labute approximate surface area is 286 Å². The maximum absolute atomic E-state index is 12.1. The van der Waals surface area contributed by atoms with Gasteiger partial charge < -0.3 is 30.3 Å². The molecular weight excluding hydrogens is 650 g/mol. The van der Waals surface area contributed by atoms with Crippen LogP contribution >= 0.6 is 17.0 Å². The van der Waals surface area contributed by atoms with Crippen LogP contribution in [0, 0.1) is 35.5 Å². The molecule has 3 saturated carbocycles. The Morgan fingerprint density at radius 2 is 1.39 bits per heavy atom. The number of carbonyl (C=O) groups is 2. The normalized spacial score (nSPS) is 34.4. The second-order valence-electron chi connectivity index (χ2n) is 15.3. The number of hydrogen-bond donors (Lipinski definition) is 4. The van der Waals surface area contributed by atoms with E-state index in [2.05, 4.69) is 40.5 Å². The van der Waals surface area contributed by atoms with Crippen molar-refractivity contribution in [2.75, 3.05) is 32.8 Å². The Hall–Kier alpha value is -1.72. The number of nitrogens with zero attached hydrogens (tertiary/aromatic N) is 2. The average molecular weight is 709 g/mol. The molecule has 3 aliphatic heterocycles. The van der Waals surface area contributed by atoms with Gasteiger partial charge in [-0.15, -0.1) is 17.0 Å². The number of rotatable bonds is 5. The van der Waals surface area contributed by atoms with E-state index in [1.807, 2.05) is 20.8 Å². The van der Waals surface area contributed by atoms with Crippen LogP contribution in [0.1, 0.15) is 84.1 Å². The monoisotopic (exact) mass is 707 g/mol. The molecule has 3 aliphatic carbocycles. The van der Waals surface area contributed by atoms with Crippen molar-refractivity contribution < 1.29 is 29.6 Å². The summed E-state index contributed by atoms with van der Waals surface area (Å²) in [6.45, 7) is 9.85. The van der Waals surface area contributed by atoms with Crippen LogP contribution in [0.25, 0.3) is 0 Å². The van der Waals surface area contributed by atoms with Crippen molar-refractivity contribution in [2.45, 2.75) is 109 Å². The lowest BCUT2D eigenvalue weighted by atomic mass is 9.94. The van der Waals surface area contributed by atoms with Crippen molar-refractivity contribution >= 4 is 29.0 Å². The van der Waals surface area contributed by atoms with Crippen molar-refractivity contribution in [3.8, 4) is 0 Å². The van der Waals surface area contributed by atoms with Gasteiger partial charge in [0.1, 0.15) is 11.6 Å². The van der Waals surface area contributed by atoms with Gasteiger partial charge in [0.2, 0.25) is 0 Å². The summed E-state index contributed by atoms with van der Waals surface area (Å²) in [5, 5.41) is 31.0. The van der Waals surface area contributed by atoms with E-state index in [4.69, 9.17) is 9.84 Å². The van der Waals surface area contributed by atoms with Gasteiger partial charge in [-0.2, -0.15) is 0 Å². The zero-order valence-corrected chi connectivity index (χ0v) is 29.8. The number of aliphatic carboxylic acids is 1. The largest absolute Gasteiger partial charge is 0.480 e. The Kier molecular flexibility index (Phi) is 13.4. The predicted molar refractivity (Wildman–Crippen MR) is 184 cm³/mol. The van der Waals surface area contributed by atoms with E-state index in [1.54, 1.807) is 4.90 Å². The Morgan fingerprint density at radius 3 is 1.98 bits per heavy atom. The van der Waals surface area contributed by atoms with Gasteiger partial charge in [-0.25, -0.2) is 4.79 Å². The second-order valence-corrected chi connectivity index (χ2v) is 15.3. The quantitative estimate of drug-likeness (QED) is 0.324. The summed E-state index contributed by atoms with van der Waals surface area (Å²) in [6.07, 6.45) is 10.9. The van der Waals surface area contributed by atoms with Gasteiger partial charge in [0.15, 0.2) is 0 Å². The first-order valence-corrected chi connectivity index (χ1v) is 17.5. The molecule has 9 unspecified atom stereocenters. The summed E-state index contributed by atoms with van der Waals surface area (Å²) in [5.41, 5.74) is 0.903. The number of nitrogens with one attached hydrogen (secondary N) is 1. The third-order valence-electron chi connectivity index (χ3n) is 11.4. The number of aliphatic hydroxyl groups excluding tert-OH is 2. The molecule has 7 rings (SSSR count). The number of amides is 1. The molecule has 10 heteroatoms. The van der Waals surface area contributed by atoms with Gasteiger partial charge in [-0.3, -0.25) is 9.69 Å². The van der Waals surface area contributed by atoms with Crippen molar-refractivity contribution in [3.63, 3.8) is 0 Å². The van der Waals surface area contributed by atoms with Gasteiger partial charge in [-0.05, 0) is 107 Å². The van der Waals surface area contributed by atoms with Gasteiger partial charge in [0, 0.05) is 25.7 Å². The third-order valence-corrected chi connectivity index (χ3v) is 11.4. The maximum Gasteiger partial charge on any atom is 0.410 e. The van der Waals surface area contributed by atoms with E-state index in [9.17, 15) is 19.8 Å². The fourth-order valence-electron chi connectivity index (χ4n) is 9.40. The molecule has 3 saturated heterocycles. The van der Waals surface area contributed by atoms with E-state index in [0.717, 1.165) is 44.3 Å². The zero-order valence-electron chi connectivity index (χ0n) is 28.1. The smallest absolute Gasteiger partial charge is 0.410 e. The molecule has 3 heterocycles. The minimum Gasteiger partial charge on any atom is -0.480 e. The van der Waals surface area contributed by atoms with Gasteiger partial charge >= 0.3 is 12.1 Å². The van der Waals surface area contributed by atoms with Crippen LogP contribution in [0.3, 0.4) is 0 Å². The number of ether oxygens (including phenoxy) is 1.